The van der Waals surface area contributed by atoms with E-state index in [1.54, 1.807) is 12.1 Å². The minimum absolute atomic E-state index is 0.147. The molecule has 1 aromatic carbocycles. The summed E-state index contributed by atoms with van der Waals surface area (Å²) in [6, 6.07) is 7.02. The van der Waals surface area contributed by atoms with Crippen LogP contribution in [0.4, 0.5) is 5.69 Å². The molecule has 0 aliphatic carbocycles. The molecule has 0 spiro atoms. The van der Waals surface area contributed by atoms with Gasteiger partial charge in [0.2, 0.25) is 0 Å². The van der Waals surface area contributed by atoms with E-state index in [2.05, 4.69) is 17.1 Å². The van der Waals surface area contributed by atoms with Gasteiger partial charge in [-0.3, -0.25) is 10.1 Å². The molecule has 1 saturated heterocycles. The zero-order chi connectivity index (χ0) is 14.4. The molecule has 1 fully saturated rings. The SMILES string of the molecule is CC(NCCN1CCCCC1)c1ccc([N+](=O)[O-])cc1. The van der Waals surface area contributed by atoms with Crippen LogP contribution >= 0.6 is 0 Å². The second-order valence-electron chi connectivity index (χ2n) is 5.43. The molecule has 1 atom stereocenters. The van der Waals surface area contributed by atoms with Crippen molar-refractivity contribution in [3.8, 4) is 0 Å². The van der Waals surface area contributed by atoms with Crippen LogP contribution in [0.2, 0.25) is 0 Å². The first-order valence-corrected chi connectivity index (χ1v) is 7.37. The number of benzene rings is 1. The molecule has 1 aromatic rings. The Bertz CT molecular complexity index is 427. The van der Waals surface area contributed by atoms with Gasteiger partial charge in [-0.1, -0.05) is 18.6 Å². The summed E-state index contributed by atoms with van der Waals surface area (Å²) in [5.41, 5.74) is 1.24. The lowest BCUT2D eigenvalue weighted by molar-refractivity contribution is -0.384. The molecular weight excluding hydrogens is 254 g/mol. The Labute approximate surface area is 120 Å². The van der Waals surface area contributed by atoms with E-state index >= 15 is 0 Å². The van der Waals surface area contributed by atoms with E-state index in [0.717, 1.165) is 18.7 Å². The number of nitro groups is 1. The lowest BCUT2D eigenvalue weighted by Crippen LogP contribution is -2.36. The molecule has 0 bridgehead atoms. The quantitative estimate of drug-likeness (QED) is 0.641. The number of nitrogens with one attached hydrogen (secondary N) is 1. The van der Waals surface area contributed by atoms with Gasteiger partial charge in [-0.25, -0.2) is 0 Å². The molecule has 20 heavy (non-hydrogen) atoms. The van der Waals surface area contributed by atoms with Crippen LogP contribution in [0, 0.1) is 10.1 Å². The third kappa shape index (κ3) is 4.28. The van der Waals surface area contributed by atoms with Crippen molar-refractivity contribution in [3.63, 3.8) is 0 Å². The van der Waals surface area contributed by atoms with Crippen molar-refractivity contribution >= 4 is 5.69 Å². The number of piperidine rings is 1. The van der Waals surface area contributed by atoms with E-state index in [1.807, 2.05) is 12.1 Å². The van der Waals surface area contributed by atoms with Crippen molar-refractivity contribution in [2.24, 2.45) is 0 Å². The third-order valence-corrected chi connectivity index (χ3v) is 3.93. The van der Waals surface area contributed by atoms with Crippen LogP contribution in [0.15, 0.2) is 24.3 Å². The Morgan fingerprint density at radius 2 is 1.90 bits per heavy atom. The molecule has 5 nitrogen and oxygen atoms in total. The molecule has 0 aromatic heterocycles. The van der Waals surface area contributed by atoms with E-state index in [4.69, 9.17) is 0 Å². The standard InChI is InChI=1S/C15H23N3O2/c1-13(14-5-7-15(8-6-14)18(19)20)16-9-12-17-10-3-2-4-11-17/h5-8,13,16H,2-4,9-12H2,1H3. The van der Waals surface area contributed by atoms with Gasteiger partial charge in [-0.2, -0.15) is 0 Å². The summed E-state index contributed by atoms with van der Waals surface area (Å²) < 4.78 is 0. The maximum absolute atomic E-state index is 10.6. The molecule has 2 rings (SSSR count). The summed E-state index contributed by atoms with van der Waals surface area (Å²) in [7, 11) is 0. The second kappa shape index (κ2) is 7.36. The van der Waals surface area contributed by atoms with Crippen LogP contribution in [0.25, 0.3) is 0 Å². The normalized spacial score (nSPS) is 17.9. The lowest BCUT2D eigenvalue weighted by atomic mass is 10.1. The first kappa shape index (κ1) is 14.9. The number of rotatable bonds is 6. The van der Waals surface area contributed by atoms with Gasteiger partial charge < -0.3 is 10.2 Å². The van der Waals surface area contributed by atoms with E-state index in [1.165, 1.54) is 32.4 Å². The molecule has 5 heteroatoms. The Morgan fingerprint density at radius 3 is 2.50 bits per heavy atom. The van der Waals surface area contributed by atoms with Crippen LogP contribution in [0.5, 0.6) is 0 Å². The van der Waals surface area contributed by atoms with Crippen LogP contribution in [0.3, 0.4) is 0 Å². The van der Waals surface area contributed by atoms with Gasteiger partial charge in [0.15, 0.2) is 0 Å². The van der Waals surface area contributed by atoms with Crippen molar-refractivity contribution in [3.05, 3.63) is 39.9 Å². The highest BCUT2D eigenvalue weighted by atomic mass is 16.6. The van der Waals surface area contributed by atoms with Crippen molar-refractivity contribution in [1.82, 2.24) is 10.2 Å². The van der Waals surface area contributed by atoms with E-state index in [-0.39, 0.29) is 16.7 Å². The van der Waals surface area contributed by atoms with E-state index < -0.39 is 0 Å². The highest BCUT2D eigenvalue weighted by Gasteiger charge is 2.11. The summed E-state index contributed by atoms with van der Waals surface area (Å²) in [5, 5.41) is 14.1. The highest BCUT2D eigenvalue weighted by molar-refractivity contribution is 5.33. The highest BCUT2D eigenvalue weighted by Crippen LogP contribution is 2.17. The zero-order valence-electron chi connectivity index (χ0n) is 12.0. The van der Waals surface area contributed by atoms with Crippen LogP contribution in [-0.4, -0.2) is 36.0 Å². The Balaban J connectivity index is 1.76. The molecule has 1 aliphatic heterocycles. The smallest absolute Gasteiger partial charge is 0.269 e. The third-order valence-electron chi connectivity index (χ3n) is 3.93. The largest absolute Gasteiger partial charge is 0.309 e. The molecule has 110 valence electrons. The van der Waals surface area contributed by atoms with Gasteiger partial charge in [0.1, 0.15) is 0 Å². The monoisotopic (exact) mass is 277 g/mol. The Morgan fingerprint density at radius 1 is 1.25 bits per heavy atom. The molecular formula is C15H23N3O2. The Kier molecular flexibility index (Phi) is 5.49. The van der Waals surface area contributed by atoms with Gasteiger partial charge in [-0.05, 0) is 38.4 Å². The first-order valence-electron chi connectivity index (χ1n) is 7.37. The van der Waals surface area contributed by atoms with Gasteiger partial charge >= 0.3 is 0 Å². The molecule has 1 unspecified atom stereocenters. The molecule has 0 amide bonds. The molecule has 1 heterocycles. The van der Waals surface area contributed by atoms with Gasteiger partial charge in [0.25, 0.3) is 5.69 Å². The lowest BCUT2D eigenvalue weighted by Gasteiger charge is -2.27. The molecule has 1 aliphatic rings. The van der Waals surface area contributed by atoms with Gasteiger partial charge in [-0.15, -0.1) is 0 Å². The molecule has 0 radical (unpaired) electrons. The van der Waals surface area contributed by atoms with Crippen LogP contribution in [0.1, 0.15) is 37.8 Å². The minimum atomic E-state index is -0.363. The van der Waals surface area contributed by atoms with Crippen molar-refractivity contribution in [1.29, 1.82) is 0 Å². The second-order valence-corrected chi connectivity index (χ2v) is 5.43. The summed E-state index contributed by atoms with van der Waals surface area (Å²) in [5.74, 6) is 0. The average Bonchev–Trinajstić information content (AvgIpc) is 2.48. The van der Waals surface area contributed by atoms with Crippen molar-refractivity contribution in [2.75, 3.05) is 26.2 Å². The van der Waals surface area contributed by atoms with Gasteiger partial charge in [0, 0.05) is 31.3 Å². The topological polar surface area (TPSA) is 58.4 Å². The number of hydrogen-bond donors (Lipinski definition) is 1. The minimum Gasteiger partial charge on any atom is -0.309 e. The molecule has 1 N–H and O–H groups in total. The number of non-ortho nitro benzene ring substituents is 1. The number of nitrogens with zero attached hydrogens (tertiary/aromatic N) is 2. The van der Waals surface area contributed by atoms with E-state index in [9.17, 15) is 10.1 Å². The number of nitro benzene ring substituents is 1. The van der Waals surface area contributed by atoms with Crippen LogP contribution < -0.4 is 5.32 Å². The fraction of sp³-hybridized carbons (Fsp3) is 0.600. The van der Waals surface area contributed by atoms with E-state index in [0.29, 0.717) is 0 Å². The predicted molar refractivity (Wildman–Crippen MR) is 79.8 cm³/mol. The first-order chi connectivity index (χ1) is 9.66. The fourth-order valence-corrected chi connectivity index (χ4v) is 2.62. The number of hydrogen-bond acceptors (Lipinski definition) is 4. The maximum Gasteiger partial charge on any atom is 0.269 e. The Hall–Kier alpha value is -1.46. The fourth-order valence-electron chi connectivity index (χ4n) is 2.62. The van der Waals surface area contributed by atoms with Crippen molar-refractivity contribution in [2.45, 2.75) is 32.2 Å². The molecule has 0 saturated carbocycles. The summed E-state index contributed by atoms with van der Waals surface area (Å²) in [6.45, 7) is 6.56. The zero-order valence-corrected chi connectivity index (χ0v) is 12.0. The summed E-state index contributed by atoms with van der Waals surface area (Å²) in [6.07, 6.45) is 4.00. The summed E-state index contributed by atoms with van der Waals surface area (Å²) >= 11 is 0. The van der Waals surface area contributed by atoms with Crippen LogP contribution in [-0.2, 0) is 0 Å². The van der Waals surface area contributed by atoms with Gasteiger partial charge in [0.05, 0.1) is 4.92 Å². The maximum atomic E-state index is 10.6. The summed E-state index contributed by atoms with van der Waals surface area (Å²) in [4.78, 5) is 12.7. The van der Waals surface area contributed by atoms with Crippen molar-refractivity contribution < 1.29 is 4.92 Å². The average molecular weight is 277 g/mol. The number of likely N-dealkylation sites (tertiary alicyclic amines) is 1. The predicted octanol–water partition coefficient (Wildman–Crippen LogP) is 2.73.